The normalized spacial score (nSPS) is 10.6. The van der Waals surface area contributed by atoms with E-state index in [4.69, 9.17) is 5.73 Å². The van der Waals surface area contributed by atoms with Crippen molar-refractivity contribution in [2.45, 2.75) is 13.5 Å². The molecular weight excluding hydrogens is 230 g/mol. The van der Waals surface area contributed by atoms with E-state index >= 15 is 0 Å². The van der Waals surface area contributed by atoms with E-state index in [2.05, 4.69) is 10.4 Å². The summed E-state index contributed by atoms with van der Waals surface area (Å²) in [6, 6.07) is 1.66. The van der Waals surface area contributed by atoms with Gasteiger partial charge in [0, 0.05) is 38.6 Å². The summed E-state index contributed by atoms with van der Waals surface area (Å²) in [5.74, 6) is -0.141. The molecular formula is C12H17N5O. The zero-order valence-electron chi connectivity index (χ0n) is 10.8. The molecule has 6 heteroatoms. The number of nitrogens with zero attached hydrogens (tertiary/aromatic N) is 3. The van der Waals surface area contributed by atoms with Gasteiger partial charge in [-0.05, 0) is 13.0 Å². The molecule has 0 aliphatic carbocycles. The summed E-state index contributed by atoms with van der Waals surface area (Å²) in [4.78, 5) is 12.0. The molecule has 0 aromatic carbocycles. The number of anilines is 1. The highest BCUT2D eigenvalue weighted by Gasteiger charge is 2.11. The molecule has 0 radical (unpaired) electrons. The highest BCUT2D eigenvalue weighted by molar-refractivity contribution is 5.93. The molecule has 96 valence electrons. The Morgan fingerprint density at radius 2 is 2.17 bits per heavy atom. The smallest absolute Gasteiger partial charge is 0.268 e. The van der Waals surface area contributed by atoms with Gasteiger partial charge in [-0.25, -0.2) is 0 Å². The van der Waals surface area contributed by atoms with E-state index < -0.39 is 0 Å². The van der Waals surface area contributed by atoms with E-state index in [1.807, 2.05) is 20.2 Å². The fourth-order valence-corrected chi connectivity index (χ4v) is 1.90. The van der Waals surface area contributed by atoms with Gasteiger partial charge < -0.3 is 15.6 Å². The minimum absolute atomic E-state index is 0.141. The van der Waals surface area contributed by atoms with Crippen molar-refractivity contribution >= 4 is 11.6 Å². The van der Waals surface area contributed by atoms with Crippen LogP contribution in [0.1, 0.15) is 21.7 Å². The first-order valence-corrected chi connectivity index (χ1v) is 5.66. The predicted octanol–water partition coefficient (Wildman–Crippen LogP) is 0.579. The van der Waals surface area contributed by atoms with Crippen LogP contribution in [-0.4, -0.2) is 20.3 Å². The zero-order chi connectivity index (χ0) is 13.3. The van der Waals surface area contributed by atoms with Crippen molar-refractivity contribution in [1.82, 2.24) is 19.7 Å². The first kappa shape index (κ1) is 12.2. The van der Waals surface area contributed by atoms with Gasteiger partial charge in [-0.1, -0.05) is 0 Å². The monoisotopic (exact) mass is 247 g/mol. The van der Waals surface area contributed by atoms with Crippen LogP contribution in [0.15, 0.2) is 18.5 Å². The Morgan fingerprint density at radius 3 is 2.67 bits per heavy atom. The lowest BCUT2D eigenvalue weighted by atomic mass is 10.2. The molecule has 0 saturated heterocycles. The Kier molecular flexibility index (Phi) is 3.10. The van der Waals surface area contributed by atoms with Crippen molar-refractivity contribution in [3.63, 3.8) is 0 Å². The Labute approximate surface area is 105 Å². The number of amides is 1. The summed E-state index contributed by atoms with van der Waals surface area (Å²) >= 11 is 0. The van der Waals surface area contributed by atoms with Crippen LogP contribution in [0.25, 0.3) is 0 Å². The highest BCUT2D eigenvalue weighted by atomic mass is 16.1. The summed E-state index contributed by atoms with van der Waals surface area (Å²) in [5, 5.41) is 7.08. The molecule has 3 N–H and O–H groups in total. The largest absolute Gasteiger partial charge is 0.397 e. The number of nitrogens with one attached hydrogen (secondary N) is 1. The lowest BCUT2D eigenvalue weighted by molar-refractivity contribution is 0.0943. The van der Waals surface area contributed by atoms with Crippen molar-refractivity contribution in [2.75, 3.05) is 5.73 Å². The summed E-state index contributed by atoms with van der Waals surface area (Å²) in [6.45, 7) is 2.38. The molecule has 0 aliphatic heterocycles. The molecule has 6 nitrogen and oxygen atoms in total. The van der Waals surface area contributed by atoms with E-state index in [0.29, 0.717) is 17.9 Å². The third-order valence-corrected chi connectivity index (χ3v) is 2.81. The van der Waals surface area contributed by atoms with Gasteiger partial charge >= 0.3 is 0 Å². The summed E-state index contributed by atoms with van der Waals surface area (Å²) in [6.07, 6.45) is 3.61. The molecule has 0 bridgehead atoms. The maximum Gasteiger partial charge on any atom is 0.268 e. The topological polar surface area (TPSA) is 77.9 Å². The van der Waals surface area contributed by atoms with E-state index in [-0.39, 0.29) is 5.91 Å². The Balaban J connectivity index is 2.05. The molecule has 0 saturated carbocycles. The molecule has 2 rings (SSSR count). The van der Waals surface area contributed by atoms with Crippen LogP contribution in [0.2, 0.25) is 0 Å². The molecule has 0 fully saturated rings. The second-order valence-electron chi connectivity index (χ2n) is 4.37. The minimum atomic E-state index is -0.141. The third-order valence-electron chi connectivity index (χ3n) is 2.81. The molecule has 2 aromatic rings. The Bertz CT molecular complexity index is 581. The van der Waals surface area contributed by atoms with Gasteiger partial charge in [0.15, 0.2) is 0 Å². The average molecular weight is 247 g/mol. The van der Waals surface area contributed by atoms with Gasteiger partial charge in [0.25, 0.3) is 5.91 Å². The van der Waals surface area contributed by atoms with E-state index in [1.54, 1.807) is 28.6 Å². The van der Waals surface area contributed by atoms with Gasteiger partial charge in [-0.2, -0.15) is 5.10 Å². The SMILES string of the molecule is Cc1nn(C)cc1CNC(=O)c1cc(N)cn1C. The maximum absolute atomic E-state index is 12.0. The number of aromatic nitrogens is 3. The molecule has 18 heavy (non-hydrogen) atoms. The summed E-state index contributed by atoms with van der Waals surface area (Å²) in [5.41, 5.74) is 8.70. The van der Waals surface area contributed by atoms with E-state index in [0.717, 1.165) is 11.3 Å². The first-order chi connectivity index (χ1) is 8.47. The van der Waals surface area contributed by atoms with Crippen molar-refractivity contribution in [1.29, 1.82) is 0 Å². The maximum atomic E-state index is 12.0. The second-order valence-corrected chi connectivity index (χ2v) is 4.37. The van der Waals surface area contributed by atoms with Crippen LogP contribution in [0.4, 0.5) is 5.69 Å². The number of hydrogen-bond acceptors (Lipinski definition) is 3. The second kappa shape index (κ2) is 4.56. The van der Waals surface area contributed by atoms with Crippen LogP contribution in [0.3, 0.4) is 0 Å². The molecule has 1 amide bonds. The average Bonchev–Trinajstić information content (AvgIpc) is 2.78. The highest BCUT2D eigenvalue weighted by Crippen LogP contribution is 2.09. The number of nitrogens with two attached hydrogens (primary N) is 1. The summed E-state index contributed by atoms with van der Waals surface area (Å²) in [7, 11) is 3.65. The standard InChI is InChI=1S/C12H17N5O/c1-8-9(6-17(3)15-8)5-14-12(18)11-4-10(13)7-16(11)2/h4,6-7H,5,13H2,1-3H3,(H,14,18). The fraction of sp³-hybridized carbons (Fsp3) is 0.333. The summed E-state index contributed by atoms with van der Waals surface area (Å²) < 4.78 is 3.44. The molecule has 0 aliphatic rings. The van der Waals surface area contributed by atoms with E-state index in [1.165, 1.54) is 0 Å². The molecule has 0 unspecified atom stereocenters. The molecule has 2 heterocycles. The number of rotatable bonds is 3. The lowest BCUT2D eigenvalue weighted by Gasteiger charge is -2.05. The number of nitrogen functional groups attached to an aromatic ring is 1. The van der Waals surface area contributed by atoms with Crippen LogP contribution < -0.4 is 11.1 Å². The quantitative estimate of drug-likeness (QED) is 0.832. The number of carbonyl (C=O) groups is 1. The number of aryl methyl sites for hydroxylation is 3. The van der Waals surface area contributed by atoms with Gasteiger partial charge in [0.1, 0.15) is 5.69 Å². The molecule has 0 spiro atoms. The predicted molar refractivity (Wildman–Crippen MR) is 68.9 cm³/mol. The van der Waals surface area contributed by atoms with Gasteiger partial charge in [-0.15, -0.1) is 0 Å². The van der Waals surface area contributed by atoms with Crippen LogP contribution in [-0.2, 0) is 20.6 Å². The van der Waals surface area contributed by atoms with Crippen molar-refractivity contribution in [3.8, 4) is 0 Å². The van der Waals surface area contributed by atoms with Crippen molar-refractivity contribution < 1.29 is 4.79 Å². The van der Waals surface area contributed by atoms with Gasteiger partial charge in [0.05, 0.1) is 11.4 Å². The zero-order valence-corrected chi connectivity index (χ0v) is 10.8. The fourth-order valence-electron chi connectivity index (χ4n) is 1.90. The van der Waals surface area contributed by atoms with E-state index in [9.17, 15) is 4.79 Å². The molecule has 2 aromatic heterocycles. The van der Waals surface area contributed by atoms with Gasteiger partial charge in [-0.3, -0.25) is 9.48 Å². The Hall–Kier alpha value is -2.24. The van der Waals surface area contributed by atoms with Crippen LogP contribution >= 0.6 is 0 Å². The van der Waals surface area contributed by atoms with Crippen molar-refractivity contribution in [3.05, 3.63) is 35.4 Å². The van der Waals surface area contributed by atoms with Crippen LogP contribution in [0, 0.1) is 6.92 Å². The molecule has 0 atom stereocenters. The van der Waals surface area contributed by atoms with Crippen molar-refractivity contribution in [2.24, 2.45) is 14.1 Å². The Morgan fingerprint density at radius 1 is 1.44 bits per heavy atom. The minimum Gasteiger partial charge on any atom is -0.397 e. The third kappa shape index (κ3) is 2.37. The number of hydrogen-bond donors (Lipinski definition) is 2. The van der Waals surface area contributed by atoms with Crippen LogP contribution in [0.5, 0.6) is 0 Å². The number of carbonyl (C=O) groups excluding carboxylic acids is 1. The first-order valence-electron chi connectivity index (χ1n) is 5.66. The lowest BCUT2D eigenvalue weighted by Crippen LogP contribution is -2.24. The van der Waals surface area contributed by atoms with Gasteiger partial charge in [0.2, 0.25) is 0 Å².